The highest BCUT2D eigenvalue weighted by Crippen LogP contribution is 2.43. The number of carbonyl (C=O) groups excluding carboxylic acids is 2. The van der Waals surface area contributed by atoms with Crippen LogP contribution in [0.25, 0.3) is 0 Å². The molecule has 4 saturated carbocycles. The lowest BCUT2D eigenvalue weighted by Crippen LogP contribution is -2.37. The summed E-state index contributed by atoms with van der Waals surface area (Å²) in [5.74, 6) is -1.65. The van der Waals surface area contributed by atoms with Gasteiger partial charge < -0.3 is 20.8 Å². The predicted molar refractivity (Wildman–Crippen MR) is 206 cm³/mol. The van der Waals surface area contributed by atoms with Crippen molar-refractivity contribution < 1.29 is 29.4 Å². The molecule has 0 bridgehead atoms. The van der Waals surface area contributed by atoms with Gasteiger partial charge in [-0.3, -0.25) is 20.2 Å². The molecule has 4 fully saturated rings. The number of anilines is 2. The Morgan fingerprint density at radius 1 is 0.648 bits per heavy atom. The van der Waals surface area contributed by atoms with E-state index in [-0.39, 0.29) is 11.8 Å². The van der Waals surface area contributed by atoms with Crippen LogP contribution in [0.5, 0.6) is 0 Å². The van der Waals surface area contributed by atoms with Crippen LogP contribution in [0.15, 0.2) is 60.7 Å². The zero-order valence-electron chi connectivity index (χ0n) is 30.0. The van der Waals surface area contributed by atoms with Gasteiger partial charge in [0.15, 0.2) is 0 Å². The monoisotopic (exact) mass is 772 g/mol. The number of aromatic nitrogens is 4. The van der Waals surface area contributed by atoms with Crippen LogP contribution in [0.1, 0.15) is 105 Å². The van der Waals surface area contributed by atoms with Crippen LogP contribution in [0.2, 0.25) is 0 Å². The molecule has 0 spiro atoms. The quantitative estimate of drug-likeness (QED) is 0.0930. The molecular formula is C38H44N8O6S2. The number of carboxylic acids is 2. The van der Waals surface area contributed by atoms with Gasteiger partial charge in [-0.25, -0.2) is 9.59 Å². The first-order chi connectivity index (χ1) is 26.0. The number of aryl methyl sites for hydroxylation is 2. The van der Waals surface area contributed by atoms with Gasteiger partial charge in [-0.2, -0.15) is 0 Å². The summed E-state index contributed by atoms with van der Waals surface area (Å²) in [6.07, 6.45) is 11.4. The lowest BCUT2D eigenvalue weighted by atomic mass is 9.93. The van der Waals surface area contributed by atoms with E-state index >= 15 is 0 Å². The molecule has 2 heterocycles. The van der Waals surface area contributed by atoms with E-state index in [0.717, 1.165) is 22.1 Å². The molecule has 4 aliphatic carbocycles. The van der Waals surface area contributed by atoms with Crippen molar-refractivity contribution in [3.63, 3.8) is 0 Å². The number of nitrogens with zero attached hydrogens (tertiary/aromatic N) is 4. The fourth-order valence-corrected chi connectivity index (χ4v) is 7.42. The minimum Gasteiger partial charge on any atom is -0.478 e. The van der Waals surface area contributed by atoms with E-state index in [1.165, 1.54) is 85.2 Å². The SMILES string of the molecule is Cc1nnc(NC(=O)c2cccc(C3CC3NC3CCC3)c2)s1.Cc1nnc(NC(=O)c2cccc(C3CC3NC3CCC3)c2)s1.O=C(O)C=CC(=O)O. The molecule has 284 valence electrons. The summed E-state index contributed by atoms with van der Waals surface area (Å²) >= 11 is 2.77. The molecular weight excluding hydrogens is 729 g/mol. The van der Waals surface area contributed by atoms with Gasteiger partial charge in [0.05, 0.1) is 0 Å². The van der Waals surface area contributed by atoms with E-state index in [2.05, 4.69) is 53.8 Å². The third-order valence-electron chi connectivity index (χ3n) is 9.71. The third kappa shape index (κ3) is 11.3. The molecule has 8 rings (SSSR count). The van der Waals surface area contributed by atoms with Crippen LogP contribution in [0.4, 0.5) is 10.3 Å². The van der Waals surface area contributed by atoms with Crippen molar-refractivity contribution >= 4 is 56.7 Å². The summed E-state index contributed by atoms with van der Waals surface area (Å²) < 4.78 is 0. The van der Waals surface area contributed by atoms with Crippen LogP contribution in [0.3, 0.4) is 0 Å². The number of rotatable bonds is 12. The second-order valence-corrected chi connectivity index (χ2v) is 16.3. The van der Waals surface area contributed by atoms with Gasteiger partial charge in [-0.05, 0) is 87.8 Å². The number of amides is 2. The summed E-state index contributed by atoms with van der Waals surface area (Å²) in [5, 5.41) is 47.2. The minimum absolute atomic E-state index is 0.118. The molecule has 54 heavy (non-hydrogen) atoms. The van der Waals surface area contributed by atoms with Gasteiger partial charge in [0.1, 0.15) is 10.0 Å². The maximum Gasteiger partial charge on any atom is 0.328 e. The lowest BCUT2D eigenvalue weighted by Gasteiger charge is -2.26. The first kappa shape index (κ1) is 38.8. The smallest absolute Gasteiger partial charge is 0.328 e. The molecule has 4 aromatic rings. The van der Waals surface area contributed by atoms with Gasteiger partial charge in [-0.15, -0.1) is 20.4 Å². The van der Waals surface area contributed by atoms with E-state index in [1.807, 2.05) is 50.2 Å². The van der Waals surface area contributed by atoms with Crippen LogP contribution in [-0.4, -0.2) is 78.5 Å². The highest BCUT2D eigenvalue weighted by molar-refractivity contribution is 7.15. The second-order valence-electron chi connectivity index (χ2n) is 13.9. The van der Waals surface area contributed by atoms with Crippen LogP contribution >= 0.6 is 22.7 Å². The topological polar surface area (TPSA) is 208 Å². The van der Waals surface area contributed by atoms with Gasteiger partial charge in [-0.1, -0.05) is 59.8 Å². The maximum absolute atomic E-state index is 12.3. The zero-order valence-corrected chi connectivity index (χ0v) is 31.7. The van der Waals surface area contributed by atoms with Gasteiger partial charge >= 0.3 is 11.9 Å². The van der Waals surface area contributed by atoms with Gasteiger partial charge in [0, 0.05) is 59.3 Å². The Balaban J connectivity index is 0.000000154. The van der Waals surface area contributed by atoms with E-state index in [0.29, 0.717) is 57.5 Å². The number of nitrogens with one attached hydrogen (secondary N) is 4. The van der Waals surface area contributed by atoms with Crippen molar-refractivity contribution in [2.24, 2.45) is 0 Å². The molecule has 4 unspecified atom stereocenters. The van der Waals surface area contributed by atoms with E-state index in [1.54, 1.807) is 0 Å². The Hall–Kier alpha value is -4.90. The number of carboxylic acid groups (broad SMARTS) is 2. The highest BCUT2D eigenvalue weighted by Gasteiger charge is 2.41. The molecule has 2 aromatic heterocycles. The molecule has 2 aromatic carbocycles. The second kappa shape index (κ2) is 18.0. The summed E-state index contributed by atoms with van der Waals surface area (Å²) in [6.45, 7) is 3.74. The number of carbonyl (C=O) groups is 4. The van der Waals surface area contributed by atoms with E-state index in [4.69, 9.17) is 10.2 Å². The minimum atomic E-state index is -1.26. The molecule has 0 aliphatic heterocycles. The summed E-state index contributed by atoms with van der Waals surface area (Å²) in [5.41, 5.74) is 3.88. The van der Waals surface area contributed by atoms with Crippen molar-refractivity contribution in [2.75, 3.05) is 10.6 Å². The fraction of sp³-hybridized carbons (Fsp3) is 0.421. The largest absolute Gasteiger partial charge is 0.478 e. The lowest BCUT2D eigenvalue weighted by molar-refractivity contribution is -0.134. The average molecular weight is 773 g/mol. The Labute approximate surface area is 320 Å². The van der Waals surface area contributed by atoms with Gasteiger partial charge in [0.2, 0.25) is 10.3 Å². The normalized spacial score (nSPS) is 21.3. The third-order valence-corrected chi connectivity index (χ3v) is 11.2. The number of aliphatic carboxylic acids is 2. The van der Waals surface area contributed by atoms with Crippen molar-refractivity contribution in [3.8, 4) is 0 Å². The van der Waals surface area contributed by atoms with Crippen molar-refractivity contribution in [2.45, 2.75) is 101 Å². The van der Waals surface area contributed by atoms with E-state index in [9.17, 15) is 19.2 Å². The van der Waals surface area contributed by atoms with Crippen LogP contribution < -0.4 is 21.3 Å². The average Bonchev–Trinajstić information content (AvgIpc) is 3.99. The van der Waals surface area contributed by atoms with Crippen molar-refractivity contribution in [3.05, 3.63) is 93.0 Å². The number of hydrogen-bond donors (Lipinski definition) is 6. The first-order valence-corrected chi connectivity index (χ1v) is 19.7. The molecule has 2 amide bonds. The molecule has 4 atom stereocenters. The standard InChI is InChI=1S/2C17H20N4OS.C4H4O4/c2*1-10-20-21-17(23-10)19-16(22)12-5-2-4-11(8-12)14-9-15(14)18-13-6-3-7-13;5-3(6)1-2-4(7)8/h2*2,4-5,8,13-15,18H,3,6-7,9H2,1H3,(H,19,21,22);1-2H,(H,5,6)(H,7,8). The fourth-order valence-electron chi connectivity index (χ4n) is 6.25. The number of benzene rings is 2. The van der Waals surface area contributed by atoms with Crippen molar-refractivity contribution in [1.82, 2.24) is 31.0 Å². The van der Waals surface area contributed by atoms with Gasteiger partial charge in [0.25, 0.3) is 11.8 Å². The zero-order chi connectivity index (χ0) is 38.2. The first-order valence-electron chi connectivity index (χ1n) is 18.1. The highest BCUT2D eigenvalue weighted by atomic mass is 32.1. The predicted octanol–water partition coefficient (Wildman–Crippen LogP) is 5.91. The summed E-state index contributed by atoms with van der Waals surface area (Å²) in [7, 11) is 0. The van der Waals surface area contributed by atoms with E-state index < -0.39 is 11.9 Å². The Bertz CT molecular complexity index is 1850. The molecule has 6 N–H and O–H groups in total. The molecule has 14 nitrogen and oxygen atoms in total. The Kier molecular flexibility index (Phi) is 12.9. The molecule has 0 radical (unpaired) electrons. The maximum atomic E-state index is 12.3. The van der Waals surface area contributed by atoms with Crippen molar-refractivity contribution in [1.29, 1.82) is 0 Å². The molecule has 4 aliphatic rings. The summed E-state index contributed by atoms with van der Waals surface area (Å²) in [6, 6.07) is 18.5. The van der Waals surface area contributed by atoms with Crippen LogP contribution in [-0.2, 0) is 9.59 Å². The molecule has 16 heteroatoms. The Morgan fingerprint density at radius 3 is 1.37 bits per heavy atom. The number of hydrogen-bond acceptors (Lipinski definition) is 12. The molecule has 0 saturated heterocycles. The Morgan fingerprint density at radius 2 is 1.06 bits per heavy atom. The summed E-state index contributed by atoms with van der Waals surface area (Å²) in [4.78, 5) is 43.8. The van der Waals surface area contributed by atoms with Crippen LogP contribution in [0, 0.1) is 13.8 Å².